The third-order valence-electron chi connectivity index (χ3n) is 3.66. The number of hydrogen-bond acceptors (Lipinski definition) is 3. The Morgan fingerprint density at radius 2 is 2.00 bits per heavy atom. The molecule has 0 saturated carbocycles. The van der Waals surface area contributed by atoms with Crippen molar-refractivity contribution in [3.05, 3.63) is 16.4 Å². The highest BCUT2D eigenvalue weighted by atomic mass is 35.5. The predicted octanol–water partition coefficient (Wildman–Crippen LogP) is 3.20. The third kappa shape index (κ3) is 3.96. The van der Waals surface area contributed by atoms with Gasteiger partial charge in [-0.25, -0.2) is 0 Å². The van der Waals surface area contributed by atoms with E-state index in [4.69, 9.17) is 16.3 Å². The van der Waals surface area contributed by atoms with E-state index < -0.39 is 0 Å². The van der Waals surface area contributed by atoms with Gasteiger partial charge in [-0.3, -0.25) is 4.68 Å². The number of likely N-dealkylation sites (N-methyl/N-ethyl adjacent to an activating group) is 1. The molecule has 0 aromatic carbocycles. The first-order valence-corrected chi connectivity index (χ1v) is 7.84. The summed E-state index contributed by atoms with van der Waals surface area (Å²) in [5.41, 5.74) is 1.74. The van der Waals surface area contributed by atoms with Crippen molar-refractivity contribution in [1.82, 2.24) is 15.1 Å². The average molecular weight is 302 g/mol. The van der Waals surface area contributed by atoms with Crippen LogP contribution in [0.2, 0.25) is 5.02 Å². The lowest BCUT2D eigenvalue weighted by molar-refractivity contribution is -0.0380. The van der Waals surface area contributed by atoms with E-state index in [9.17, 15) is 0 Å². The number of rotatable bonds is 8. The summed E-state index contributed by atoms with van der Waals surface area (Å²) in [4.78, 5) is 0. The van der Waals surface area contributed by atoms with Crippen LogP contribution in [0.4, 0.5) is 0 Å². The van der Waals surface area contributed by atoms with Crippen molar-refractivity contribution in [2.75, 3.05) is 13.2 Å². The van der Waals surface area contributed by atoms with Crippen molar-refractivity contribution < 1.29 is 4.74 Å². The molecule has 4 nitrogen and oxygen atoms in total. The quantitative estimate of drug-likeness (QED) is 0.801. The fourth-order valence-electron chi connectivity index (χ4n) is 2.54. The molecule has 1 heterocycles. The molecule has 0 bridgehead atoms. The first kappa shape index (κ1) is 17.5. The molecule has 0 aliphatic rings. The standard InChI is InChI=1S/C15H28ClN3O/c1-7-17-13(15(5,6)20-9-3)10-12-14(16)11(4)18-19(12)8-2/h13,17H,7-10H2,1-6H3. The number of hydrogen-bond donors (Lipinski definition) is 1. The van der Waals surface area contributed by atoms with Gasteiger partial charge in [-0.05, 0) is 41.2 Å². The van der Waals surface area contributed by atoms with E-state index in [0.717, 1.165) is 35.9 Å². The number of aryl methyl sites for hydroxylation is 2. The van der Waals surface area contributed by atoms with Gasteiger partial charge in [-0.1, -0.05) is 18.5 Å². The smallest absolute Gasteiger partial charge is 0.0847 e. The summed E-state index contributed by atoms with van der Waals surface area (Å²) >= 11 is 6.41. The Morgan fingerprint density at radius 1 is 1.35 bits per heavy atom. The van der Waals surface area contributed by atoms with Crippen molar-refractivity contribution in [1.29, 1.82) is 0 Å². The lowest BCUT2D eigenvalue weighted by Crippen LogP contribution is -2.50. The van der Waals surface area contributed by atoms with Crippen molar-refractivity contribution in [3.8, 4) is 0 Å². The van der Waals surface area contributed by atoms with Gasteiger partial charge < -0.3 is 10.1 Å². The molecule has 1 unspecified atom stereocenters. The van der Waals surface area contributed by atoms with Crippen LogP contribution in [0, 0.1) is 6.92 Å². The van der Waals surface area contributed by atoms with E-state index in [1.165, 1.54) is 0 Å². The number of halogens is 1. The van der Waals surface area contributed by atoms with Gasteiger partial charge in [0.25, 0.3) is 0 Å². The van der Waals surface area contributed by atoms with E-state index in [1.807, 2.05) is 18.5 Å². The lowest BCUT2D eigenvalue weighted by atomic mass is 9.93. The second-order valence-electron chi connectivity index (χ2n) is 5.51. The summed E-state index contributed by atoms with van der Waals surface area (Å²) in [5, 5.41) is 8.78. The second kappa shape index (κ2) is 7.43. The number of aromatic nitrogens is 2. The minimum atomic E-state index is -0.245. The van der Waals surface area contributed by atoms with Crippen LogP contribution in [-0.4, -0.2) is 34.6 Å². The first-order valence-electron chi connectivity index (χ1n) is 7.46. The number of nitrogens with zero attached hydrogens (tertiary/aromatic N) is 2. The van der Waals surface area contributed by atoms with Crippen LogP contribution in [-0.2, 0) is 17.7 Å². The molecule has 0 aliphatic heterocycles. The molecule has 0 spiro atoms. The Morgan fingerprint density at radius 3 is 2.50 bits per heavy atom. The molecule has 0 fully saturated rings. The highest BCUT2D eigenvalue weighted by molar-refractivity contribution is 6.31. The monoisotopic (exact) mass is 301 g/mol. The maximum absolute atomic E-state index is 6.41. The Bertz CT molecular complexity index is 429. The summed E-state index contributed by atoms with van der Waals surface area (Å²) in [6, 6.07) is 0.200. The van der Waals surface area contributed by atoms with Crippen LogP contribution in [0.1, 0.15) is 46.0 Å². The second-order valence-corrected chi connectivity index (χ2v) is 5.89. The van der Waals surface area contributed by atoms with E-state index in [2.05, 4.69) is 38.1 Å². The van der Waals surface area contributed by atoms with Gasteiger partial charge >= 0.3 is 0 Å². The summed E-state index contributed by atoms with van der Waals surface area (Å²) in [5.74, 6) is 0. The zero-order chi connectivity index (χ0) is 15.3. The Kier molecular flexibility index (Phi) is 6.49. The minimum absolute atomic E-state index is 0.200. The Labute approximate surface area is 127 Å². The van der Waals surface area contributed by atoms with Crippen LogP contribution in [0.3, 0.4) is 0 Å². The lowest BCUT2D eigenvalue weighted by Gasteiger charge is -2.35. The molecule has 0 saturated heterocycles. The molecular weight excluding hydrogens is 274 g/mol. The third-order valence-corrected chi connectivity index (χ3v) is 4.15. The van der Waals surface area contributed by atoms with Crippen molar-refractivity contribution in [2.24, 2.45) is 0 Å². The normalized spacial score (nSPS) is 13.8. The van der Waals surface area contributed by atoms with E-state index in [-0.39, 0.29) is 11.6 Å². The van der Waals surface area contributed by atoms with Crippen LogP contribution in [0.5, 0.6) is 0 Å². The molecule has 116 valence electrons. The van der Waals surface area contributed by atoms with Gasteiger partial charge in [-0.2, -0.15) is 5.10 Å². The van der Waals surface area contributed by atoms with E-state index >= 15 is 0 Å². The minimum Gasteiger partial charge on any atom is -0.374 e. The van der Waals surface area contributed by atoms with E-state index in [1.54, 1.807) is 0 Å². The zero-order valence-corrected chi connectivity index (χ0v) is 14.3. The largest absolute Gasteiger partial charge is 0.374 e. The molecule has 1 atom stereocenters. The maximum atomic E-state index is 6.41. The van der Waals surface area contributed by atoms with Crippen LogP contribution in [0.15, 0.2) is 0 Å². The molecule has 1 N–H and O–H groups in total. The van der Waals surface area contributed by atoms with Crippen molar-refractivity contribution >= 4 is 11.6 Å². The maximum Gasteiger partial charge on any atom is 0.0847 e. The molecule has 1 aromatic heterocycles. The average Bonchev–Trinajstić information content (AvgIpc) is 2.65. The summed E-state index contributed by atoms with van der Waals surface area (Å²) < 4.78 is 7.89. The van der Waals surface area contributed by atoms with Crippen LogP contribution >= 0.6 is 11.6 Å². The van der Waals surface area contributed by atoms with Crippen LogP contribution < -0.4 is 5.32 Å². The molecule has 5 heteroatoms. The summed E-state index contributed by atoms with van der Waals surface area (Å²) in [6.45, 7) is 14.9. The molecule has 0 radical (unpaired) electrons. The van der Waals surface area contributed by atoms with Gasteiger partial charge in [0.1, 0.15) is 0 Å². The highest BCUT2D eigenvalue weighted by Crippen LogP contribution is 2.25. The van der Waals surface area contributed by atoms with Crippen molar-refractivity contribution in [3.63, 3.8) is 0 Å². The molecule has 0 aliphatic carbocycles. The highest BCUT2D eigenvalue weighted by Gasteiger charge is 2.31. The van der Waals surface area contributed by atoms with Gasteiger partial charge in [-0.15, -0.1) is 0 Å². The van der Waals surface area contributed by atoms with Crippen LogP contribution in [0.25, 0.3) is 0 Å². The zero-order valence-electron chi connectivity index (χ0n) is 13.6. The summed E-state index contributed by atoms with van der Waals surface area (Å²) in [6.07, 6.45) is 0.814. The predicted molar refractivity (Wildman–Crippen MR) is 84.5 cm³/mol. The van der Waals surface area contributed by atoms with Gasteiger partial charge in [0.15, 0.2) is 0 Å². The first-order chi connectivity index (χ1) is 9.37. The molecule has 1 rings (SSSR count). The topological polar surface area (TPSA) is 39.1 Å². The van der Waals surface area contributed by atoms with E-state index in [0.29, 0.717) is 6.61 Å². The summed E-state index contributed by atoms with van der Waals surface area (Å²) in [7, 11) is 0. The molecular formula is C15H28ClN3O. The van der Waals surface area contributed by atoms with Gasteiger partial charge in [0, 0.05) is 25.6 Å². The van der Waals surface area contributed by atoms with Gasteiger partial charge in [0.05, 0.1) is 22.0 Å². The SMILES string of the molecule is CCNC(Cc1c(Cl)c(C)nn1CC)C(C)(C)OCC. The molecule has 1 aromatic rings. The number of ether oxygens (including phenoxy) is 1. The molecule has 0 amide bonds. The fraction of sp³-hybridized carbons (Fsp3) is 0.800. The van der Waals surface area contributed by atoms with Crippen molar-refractivity contribution in [2.45, 2.75) is 66.2 Å². The fourth-order valence-corrected chi connectivity index (χ4v) is 2.75. The van der Waals surface area contributed by atoms with Gasteiger partial charge in [0.2, 0.25) is 0 Å². The molecule has 20 heavy (non-hydrogen) atoms. The Hall–Kier alpha value is -0.580. The Balaban J connectivity index is 3.01. The number of nitrogens with one attached hydrogen (secondary N) is 1.